The summed E-state index contributed by atoms with van der Waals surface area (Å²) in [6.45, 7) is 13.7. The van der Waals surface area contributed by atoms with Crippen molar-refractivity contribution in [3.63, 3.8) is 0 Å². The summed E-state index contributed by atoms with van der Waals surface area (Å²) in [4.78, 5) is 4.93. The van der Waals surface area contributed by atoms with Crippen LogP contribution in [0.2, 0.25) is 0 Å². The van der Waals surface area contributed by atoms with Gasteiger partial charge in [0.15, 0.2) is 23.0 Å². The van der Waals surface area contributed by atoms with E-state index in [1.54, 1.807) is 14.2 Å². The van der Waals surface area contributed by atoms with E-state index in [2.05, 4.69) is 109 Å². The number of likely N-dealkylation sites (tertiary alicyclic amines) is 2. The maximum absolute atomic E-state index is 10.7. The highest BCUT2D eigenvalue weighted by atomic mass is 16.5. The summed E-state index contributed by atoms with van der Waals surface area (Å²) in [5.74, 6) is 3.75. The molecule has 0 aromatic heterocycles. The first-order valence-electron chi connectivity index (χ1n) is 22.6. The van der Waals surface area contributed by atoms with Gasteiger partial charge in [-0.2, -0.15) is 0 Å². The van der Waals surface area contributed by atoms with E-state index in [0.29, 0.717) is 0 Å². The van der Waals surface area contributed by atoms with Crippen LogP contribution in [0.15, 0.2) is 97.1 Å². The van der Waals surface area contributed by atoms with E-state index in [0.717, 1.165) is 87.9 Å². The average molecular weight is 819 g/mol. The third kappa shape index (κ3) is 10.2. The van der Waals surface area contributed by atoms with Crippen LogP contribution in [-0.4, -0.2) is 84.8 Å². The zero-order chi connectivity index (χ0) is 42.3. The highest BCUT2D eigenvalue weighted by Crippen LogP contribution is 2.49. The van der Waals surface area contributed by atoms with Gasteiger partial charge in [-0.1, -0.05) is 86.6 Å². The Bertz CT molecular complexity index is 1800. The molecule has 8 rings (SSSR count). The monoisotopic (exact) mass is 819 g/mol. The van der Waals surface area contributed by atoms with Crippen molar-refractivity contribution in [2.75, 3.05) is 40.4 Å². The lowest BCUT2D eigenvalue weighted by molar-refractivity contribution is 0.0473. The van der Waals surface area contributed by atoms with Crippen LogP contribution in [0.3, 0.4) is 0 Å². The van der Waals surface area contributed by atoms with Crippen molar-refractivity contribution in [2.45, 2.75) is 128 Å². The van der Waals surface area contributed by atoms with Gasteiger partial charge in [0.05, 0.1) is 38.6 Å². The van der Waals surface area contributed by atoms with E-state index in [4.69, 9.17) is 18.9 Å². The third-order valence-electron chi connectivity index (χ3n) is 14.4. The molecule has 4 aliphatic rings. The van der Waals surface area contributed by atoms with Crippen LogP contribution < -0.4 is 18.9 Å². The number of aliphatic hydroxyl groups excluding tert-OH is 2. The van der Waals surface area contributed by atoms with E-state index in [9.17, 15) is 10.2 Å². The molecule has 2 N–H and O–H groups in total. The number of nitrogens with zero attached hydrogens (tertiary/aromatic N) is 2. The van der Waals surface area contributed by atoms with E-state index in [-0.39, 0.29) is 34.9 Å². The highest BCUT2D eigenvalue weighted by Gasteiger charge is 2.48. The van der Waals surface area contributed by atoms with Gasteiger partial charge in [0, 0.05) is 61.9 Å². The molecular formula is C52H70N2O6. The van der Waals surface area contributed by atoms with Crippen LogP contribution in [0.4, 0.5) is 0 Å². The van der Waals surface area contributed by atoms with Crippen LogP contribution in [0.1, 0.15) is 113 Å². The van der Waals surface area contributed by atoms with Crippen molar-refractivity contribution in [3.05, 3.63) is 119 Å². The fraction of sp³-hybridized carbons (Fsp3) is 0.538. The zero-order valence-corrected chi connectivity index (χ0v) is 37.0. The second kappa shape index (κ2) is 19.7. The van der Waals surface area contributed by atoms with Crippen molar-refractivity contribution >= 4 is 0 Å². The number of hydrogen-bond acceptors (Lipinski definition) is 8. The first kappa shape index (κ1) is 44.0. The number of rotatable bonds is 14. The molecule has 60 heavy (non-hydrogen) atoms. The minimum Gasteiger partial charge on any atom is -0.493 e. The quantitative estimate of drug-likeness (QED) is 0.130. The Kier molecular flexibility index (Phi) is 14.5. The van der Waals surface area contributed by atoms with E-state index < -0.39 is 12.2 Å². The lowest BCUT2D eigenvalue weighted by Crippen LogP contribution is -2.37. The molecule has 2 aliphatic heterocycles. The largest absolute Gasteiger partial charge is 0.493 e. The van der Waals surface area contributed by atoms with Crippen molar-refractivity contribution in [2.24, 2.45) is 10.8 Å². The number of hydrogen-bond donors (Lipinski definition) is 2. The maximum atomic E-state index is 10.7. The Morgan fingerprint density at radius 2 is 0.917 bits per heavy atom. The molecule has 0 spiro atoms. The molecule has 4 aromatic carbocycles. The minimum absolute atomic E-state index is 0.214. The van der Waals surface area contributed by atoms with Crippen LogP contribution in [0, 0.1) is 10.8 Å². The Morgan fingerprint density at radius 1 is 0.550 bits per heavy atom. The molecule has 2 aliphatic carbocycles. The molecule has 2 saturated carbocycles. The molecule has 8 heteroatoms. The molecule has 2 heterocycles. The van der Waals surface area contributed by atoms with E-state index in [1.165, 1.54) is 47.9 Å². The third-order valence-corrected chi connectivity index (χ3v) is 14.4. The molecule has 324 valence electrons. The second-order valence-corrected chi connectivity index (χ2v) is 18.6. The van der Waals surface area contributed by atoms with Crippen molar-refractivity contribution < 1.29 is 29.2 Å². The molecule has 0 radical (unpaired) electrons. The van der Waals surface area contributed by atoms with Crippen molar-refractivity contribution in [1.29, 1.82) is 0 Å². The van der Waals surface area contributed by atoms with Gasteiger partial charge >= 0.3 is 0 Å². The van der Waals surface area contributed by atoms with Gasteiger partial charge < -0.3 is 29.2 Å². The van der Waals surface area contributed by atoms with Crippen LogP contribution in [-0.2, 0) is 13.1 Å². The van der Waals surface area contributed by atoms with Gasteiger partial charge in [0.25, 0.3) is 0 Å². The molecule has 4 fully saturated rings. The number of aliphatic hydroxyl groups is 2. The summed E-state index contributed by atoms with van der Waals surface area (Å²) in [5.41, 5.74) is 4.64. The first-order chi connectivity index (χ1) is 29.0. The minimum atomic E-state index is -0.399. The number of benzene rings is 4. The molecule has 8 nitrogen and oxygen atoms in total. The summed E-state index contributed by atoms with van der Waals surface area (Å²) in [6.07, 6.45) is 9.21. The normalized spacial score (nSPS) is 26.1. The molecule has 2 saturated heterocycles. The van der Waals surface area contributed by atoms with Crippen LogP contribution in [0.5, 0.6) is 23.0 Å². The summed E-state index contributed by atoms with van der Waals surface area (Å²) in [6, 6.07) is 33.9. The van der Waals surface area contributed by atoms with Gasteiger partial charge in [-0.3, -0.25) is 9.80 Å². The summed E-state index contributed by atoms with van der Waals surface area (Å²) < 4.78 is 23.9. The summed E-state index contributed by atoms with van der Waals surface area (Å²) in [5, 5.41) is 21.5. The van der Waals surface area contributed by atoms with Gasteiger partial charge in [0.1, 0.15) is 0 Å². The van der Waals surface area contributed by atoms with Crippen molar-refractivity contribution in [1.82, 2.24) is 9.80 Å². The van der Waals surface area contributed by atoms with E-state index >= 15 is 0 Å². The zero-order valence-electron chi connectivity index (χ0n) is 37.0. The second-order valence-electron chi connectivity index (χ2n) is 18.6. The number of ether oxygens (including phenoxy) is 4. The van der Waals surface area contributed by atoms with Crippen LogP contribution in [0.25, 0.3) is 0 Å². The molecule has 4 aromatic rings. The SMILES string of the molecule is COc1ccc([C@@H]2CN(Cc3ccccc3)C[C@@]2(C)[C@@H](C)O)cc1OC1CCCC1.COc1ccc([C@@H]2CN(Cc3ccccc3)C[C@@]2(C)[C@H](C)O)cc1OC1CCCC1. The molecule has 0 unspecified atom stereocenters. The maximum Gasteiger partial charge on any atom is 0.161 e. The predicted molar refractivity (Wildman–Crippen MR) is 240 cm³/mol. The topological polar surface area (TPSA) is 83.9 Å². The standard InChI is InChI=1S/2C26H35NO3/c2*1-19(28)26(2)18-27(16-20-9-5-4-6-10-20)17-23(26)21-13-14-24(29-3)25(15-21)30-22-11-7-8-12-22/h2*4-6,9-10,13-15,19,22-23,28H,7-8,11-12,16-18H2,1-3H3/t19-,23+,26+;19-,23-,26-/m10/s1. The highest BCUT2D eigenvalue weighted by molar-refractivity contribution is 5.46. The number of methoxy groups -OCH3 is 2. The van der Waals surface area contributed by atoms with Gasteiger partial charge in [-0.25, -0.2) is 0 Å². The smallest absolute Gasteiger partial charge is 0.161 e. The Balaban J connectivity index is 0.000000181. The van der Waals surface area contributed by atoms with Gasteiger partial charge in [-0.15, -0.1) is 0 Å². The summed E-state index contributed by atoms with van der Waals surface area (Å²) in [7, 11) is 3.40. The van der Waals surface area contributed by atoms with Gasteiger partial charge in [0.2, 0.25) is 0 Å². The van der Waals surface area contributed by atoms with E-state index in [1.807, 2.05) is 26.0 Å². The molecule has 0 bridgehead atoms. The Morgan fingerprint density at radius 3 is 1.25 bits per heavy atom. The predicted octanol–water partition coefficient (Wildman–Crippen LogP) is 10.0. The van der Waals surface area contributed by atoms with Crippen LogP contribution >= 0.6 is 0 Å². The lowest BCUT2D eigenvalue weighted by atomic mass is 9.72. The Hall–Kier alpha value is -4.08. The van der Waals surface area contributed by atoms with Gasteiger partial charge in [-0.05, 0) is 112 Å². The first-order valence-corrected chi connectivity index (χ1v) is 22.6. The summed E-state index contributed by atoms with van der Waals surface area (Å²) >= 11 is 0. The Labute approximate surface area is 359 Å². The lowest BCUT2D eigenvalue weighted by Gasteiger charge is -2.34. The van der Waals surface area contributed by atoms with Crippen molar-refractivity contribution in [3.8, 4) is 23.0 Å². The molecular weight excluding hydrogens is 749 g/mol. The molecule has 0 amide bonds. The molecule has 6 atom stereocenters. The fourth-order valence-electron chi connectivity index (χ4n) is 10.4. The average Bonchev–Trinajstić information content (AvgIpc) is 4.08. The fourth-order valence-corrected chi connectivity index (χ4v) is 10.4.